The van der Waals surface area contributed by atoms with E-state index in [9.17, 15) is 14.4 Å². The van der Waals surface area contributed by atoms with Crippen molar-refractivity contribution in [3.05, 3.63) is 59.2 Å². The zero-order valence-corrected chi connectivity index (χ0v) is 20.0. The smallest absolute Gasteiger partial charge is 0.325 e. The minimum atomic E-state index is -1.30. The van der Waals surface area contributed by atoms with Crippen LogP contribution in [0.1, 0.15) is 50.4 Å². The third kappa shape index (κ3) is 4.71. The van der Waals surface area contributed by atoms with Gasteiger partial charge in [-0.25, -0.2) is 4.79 Å². The van der Waals surface area contributed by atoms with Gasteiger partial charge in [-0.1, -0.05) is 44.2 Å². The van der Waals surface area contributed by atoms with Crippen LogP contribution >= 0.6 is 0 Å². The monoisotopic (exact) mass is 465 g/mol. The largest absolute Gasteiger partial charge is 0.486 e. The molecule has 2 aliphatic rings. The highest BCUT2D eigenvalue weighted by Crippen LogP contribution is 2.36. The summed E-state index contributed by atoms with van der Waals surface area (Å²) in [6.45, 7) is 8.36. The van der Waals surface area contributed by atoms with Crippen molar-refractivity contribution >= 4 is 17.8 Å². The Labute approximate surface area is 199 Å². The summed E-state index contributed by atoms with van der Waals surface area (Å²) in [5.41, 5.74) is 1.47. The number of benzene rings is 2. The van der Waals surface area contributed by atoms with E-state index in [0.29, 0.717) is 36.2 Å². The van der Waals surface area contributed by atoms with Crippen LogP contribution < -0.4 is 20.1 Å². The van der Waals surface area contributed by atoms with Gasteiger partial charge in [0.15, 0.2) is 11.5 Å². The Morgan fingerprint density at radius 1 is 1.06 bits per heavy atom. The Bertz CT molecular complexity index is 1100. The van der Waals surface area contributed by atoms with Crippen LogP contribution in [0.5, 0.6) is 11.5 Å². The van der Waals surface area contributed by atoms with Crippen LogP contribution in [0.2, 0.25) is 0 Å². The number of hydrogen-bond donors (Lipinski definition) is 2. The summed E-state index contributed by atoms with van der Waals surface area (Å²) in [4.78, 5) is 39.5. The first-order valence-corrected chi connectivity index (χ1v) is 11.6. The van der Waals surface area contributed by atoms with Gasteiger partial charge in [-0.3, -0.25) is 14.5 Å². The standard InChI is InChI=1S/C26H31N3O5/c1-16(2)13-18-5-7-19(8-6-18)17(3)27-23(30)15-29-24(31)26(4,28-25(29)32)20-9-10-21-22(14-20)34-12-11-33-21/h5-10,14,16-17H,11-13,15H2,1-4H3,(H,27,30)(H,28,32). The van der Waals surface area contributed by atoms with E-state index in [0.717, 1.165) is 16.9 Å². The molecule has 1 fully saturated rings. The van der Waals surface area contributed by atoms with Crippen molar-refractivity contribution in [3.63, 3.8) is 0 Å². The molecule has 180 valence electrons. The van der Waals surface area contributed by atoms with Gasteiger partial charge >= 0.3 is 6.03 Å². The van der Waals surface area contributed by atoms with Crippen molar-refractivity contribution in [3.8, 4) is 11.5 Å². The molecule has 2 N–H and O–H groups in total. The molecule has 1 saturated heterocycles. The number of hydrogen-bond acceptors (Lipinski definition) is 5. The molecule has 2 atom stereocenters. The van der Waals surface area contributed by atoms with Crippen molar-refractivity contribution < 1.29 is 23.9 Å². The molecule has 0 radical (unpaired) electrons. The molecule has 4 amide bonds. The Balaban J connectivity index is 1.41. The molecule has 0 spiro atoms. The lowest BCUT2D eigenvalue weighted by Crippen LogP contribution is -2.43. The highest BCUT2D eigenvalue weighted by Gasteiger charge is 2.49. The Morgan fingerprint density at radius 3 is 2.41 bits per heavy atom. The molecule has 0 aromatic heterocycles. The van der Waals surface area contributed by atoms with Crippen LogP contribution in [0.4, 0.5) is 4.79 Å². The average Bonchev–Trinajstić information content (AvgIpc) is 3.02. The molecule has 0 saturated carbocycles. The third-order valence-corrected chi connectivity index (χ3v) is 6.20. The van der Waals surface area contributed by atoms with Gasteiger partial charge in [-0.15, -0.1) is 0 Å². The minimum absolute atomic E-state index is 0.259. The molecule has 8 heteroatoms. The number of amides is 4. The second kappa shape index (κ2) is 9.37. The molecule has 4 rings (SSSR count). The number of carbonyl (C=O) groups is 3. The van der Waals surface area contributed by atoms with Crippen LogP contribution in [0.3, 0.4) is 0 Å². The van der Waals surface area contributed by atoms with E-state index in [4.69, 9.17) is 9.47 Å². The predicted molar refractivity (Wildman–Crippen MR) is 127 cm³/mol. The predicted octanol–water partition coefficient (Wildman–Crippen LogP) is 3.30. The van der Waals surface area contributed by atoms with Gasteiger partial charge in [0.25, 0.3) is 5.91 Å². The zero-order chi connectivity index (χ0) is 24.5. The second-order valence-electron chi connectivity index (χ2n) is 9.43. The number of ether oxygens (including phenoxy) is 2. The molecule has 2 heterocycles. The molecule has 2 aliphatic heterocycles. The minimum Gasteiger partial charge on any atom is -0.486 e. The van der Waals surface area contributed by atoms with Gasteiger partial charge in [0, 0.05) is 0 Å². The maximum atomic E-state index is 13.2. The van der Waals surface area contributed by atoms with Gasteiger partial charge < -0.3 is 20.1 Å². The average molecular weight is 466 g/mol. The van der Waals surface area contributed by atoms with Crippen LogP contribution in [0.15, 0.2) is 42.5 Å². The SMILES string of the molecule is CC(C)Cc1ccc(C(C)NC(=O)CN2C(=O)NC(C)(c3ccc4c(c3)OCCO4)C2=O)cc1. The van der Waals surface area contributed by atoms with E-state index < -0.39 is 23.4 Å². The Morgan fingerprint density at radius 2 is 1.74 bits per heavy atom. The van der Waals surface area contributed by atoms with Gasteiger partial charge in [-0.2, -0.15) is 0 Å². The molecule has 2 aromatic rings. The quantitative estimate of drug-likeness (QED) is 0.612. The molecule has 2 unspecified atom stereocenters. The molecule has 0 bridgehead atoms. The zero-order valence-electron chi connectivity index (χ0n) is 20.0. The van der Waals surface area contributed by atoms with E-state index in [1.165, 1.54) is 5.56 Å². The summed E-state index contributed by atoms with van der Waals surface area (Å²) < 4.78 is 11.1. The van der Waals surface area contributed by atoms with E-state index >= 15 is 0 Å². The highest BCUT2D eigenvalue weighted by atomic mass is 16.6. The maximum Gasteiger partial charge on any atom is 0.325 e. The highest BCUT2D eigenvalue weighted by molar-refractivity contribution is 6.09. The Hall–Kier alpha value is -3.55. The van der Waals surface area contributed by atoms with E-state index in [1.54, 1.807) is 25.1 Å². The van der Waals surface area contributed by atoms with Crippen molar-refractivity contribution in [1.29, 1.82) is 0 Å². The number of nitrogens with one attached hydrogen (secondary N) is 2. The van der Waals surface area contributed by atoms with E-state index in [2.05, 4.69) is 36.6 Å². The fraction of sp³-hybridized carbons (Fsp3) is 0.423. The number of urea groups is 1. The molecule has 8 nitrogen and oxygen atoms in total. The lowest BCUT2D eigenvalue weighted by molar-refractivity contribution is -0.135. The lowest BCUT2D eigenvalue weighted by atomic mass is 9.91. The van der Waals surface area contributed by atoms with Crippen LogP contribution in [-0.4, -0.2) is 42.5 Å². The summed E-state index contributed by atoms with van der Waals surface area (Å²) in [5.74, 6) is 0.790. The molecule has 34 heavy (non-hydrogen) atoms. The fourth-order valence-corrected chi connectivity index (χ4v) is 4.32. The van der Waals surface area contributed by atoms with Gasteiger partial charge in [0.1, 0.15) is 25.3 Å². The van der Waals surface area contributed by atoms with Crippen LogP contribution in [-0.2, 0) is 21.5 Å². The topological polar surface area (TPSA) is 97.0 Å². The number of rotatable bonds is 7. The summed E-state index contributed by atoms with van der Waals surface area (Å²) in [5, 5.41) is 5.61. The third-order valence-electron chi connectivity index (χ3n) is 6.20. The normalized spacial score (nSPS) is 20.3. The van der Waals surface area contributed by atoms with Gasteiger partial charge in [0.2, 0.25) is 5.91 Å². The van der Waals surface area contributed by atoms with Crippen molar-refractivity contribution in [2.45, 2.75) is 45.7 Å². The summed E-state index contributed by atoms with van der Waals surface area (Å²) >= 11 is 0. The molecule has 2 aromatic carbocycles. The molecular weight excluding hydrogens is 434 g/mol. The first-order valence-electron chi connectivity index (χ1n) is 11.6. The summed E-state index contributed by atoms with van der Waals surface area (Å²) in [6, 6.07) is 12.4. The summed E-state index contributed by atoms with van der Waals surface area (Å²) in [6.07, 6.45) is 0.995. The van der Waals surface area contributed by atoms with Crippen molar-refractivity contribution in [2.75, 3.05) is 19.8 Å². The molecular formula is C26H31N3O5. The Kier molecular flexibility index (Phi) is 6.50. The van der Waals surface area contributed by atoms with E-state index in [-0.39, 0.29) is 12.6 Å². The number of carbonyl (C=O) groups excluding carboxylic acids is 3. The fourth-order valence-electron chi connectivity index (χ4n) is 4.32. The van der Waals surface area contributed by atoms with Crippen LogP contribution in [0, 0.1) is 5.92 Å². The van der Waals surface area contributed by atoms with E-state index in [1.807, 2.05) is 19.1 Å². The lowest BCUT2D eigenvalue weighted by Gasteiger charge is -2.25. The van der Waals surface area contributed by atoms with Crippen molar-refractivity contribution in [2.24, 2.45) is 5.92 Å². The summed E-state index contributed by atoms with van der Waals surface area (Å²) in [7, 11) is 0. The van der Waals surface area contributed by atoms with Gasteiger partial charge in [0.05, 0.1) is 6.04 Å². The number of fused-ring (bicyclic) bond motifs is 1. The number of imide groups is 1. The second-order valence-corrected chi connectivity index (χ2v) is 9.43. The van der Waals surface area contributed by atoms with Crippen LogP contribution in [0.25, 0.3) is 0 Å². The first kappa shape index (κ1) is 23.6. The van der Waals surface area contributed by atoms with Gasteiger partial charge in [-0.05, 0) is 55.0 Å². The number of nitrogens with zero attached hydrogens (tertiary/aromatic N) is 1. The van der Waals surface area contributed by atoms with Crippen molar-refractivity contribution in [1.82, 2.24) is 15.5 Å². The first-order chi connectivity index (χ1) is 16.2. The molecule has 0 aliphatic carbocycles. The maximum absolute atomic E-state index is 13.2.